The molecule has 1 aromatic carbocycles. The molecule has 2 aliphatic heterocycles. The van der Waals surface area contributed by atoms with E-state index in [1.165, 1.54) is 0 Å². The largest absolute Gasteiger partial charge is 1.00 e. The van der Waals surface area contributed by atoms with E-state index in [2.05, 4.69) is 21.1 Å². The number of nitrogens with one attached hydrogen (secondary N) is 1. The van der Waals surface area contributed by atoms with Crippen molar-refractivity contribution in [1.29, 1.82) is 0 Å². The zero-order chi connectivity index (χ0) is 31.0. The number of hydrogen-bond acceptors (Lipinski definition) is 5. The van der Waals surface area contributed by atoms with E-state index >= 15 is 8.63 Å². The average molecular weight is 627 g/mol. The van der Waals surface area contributed by atoms with Crippen molar-refractivity contribution in [2.75, 3.05) is 33.4 Å². The van der Waals surface area contributed by atoms with Crippen LogP contribution in [0.4, 0.5) is 8.63 Å². The molecule has 0 aliphatic carbocycles. The quantitative estimate of drug-likeness (QED) is 0.183. The molecule has 0 spiro atoms. The van der Waals surface area contributed by atoms with Gasteiger partial charge in [-0.25, -0.2) is 13.2 Å². The molecule has 4 rings (SSSR count). The van der Waals surface area contributed by atoms with Crippen LogP contribution in [0.5, 0.6) is 0 Å². The predicted molar refractivity (Wildman–Crippen MR) is 154 cm³/mol. The Kier molecular flexibility index (Phi) is 10.7. The molecule has 2 N–H and O–H groups in total. The summed E-state index contributed by atoms with van der Waals surface area (Å²) in [5.74, 6) is -3.88. The van der Waals surface area contributed by atoms with Gasteiger partial charge in [0.2, 0.25) is 5.91 Å². The molecule has 0 radical (unpaired) electrons. The first-order valence-corrected chi connectivity index (χ1v) is 15.2. The summed E-state index contributed by atoms with van der Waals surface area (Å²) in [6.07, 6.45) is 4.46. The second-order valence-corrected chi connectivity index (χ2v) is 13.2. The molecule has 1 atom stereocenters. The minimum absolute atomic E-state index is 0. The molecular formula is C28H35BF2N4NaO6S+. The summed E-state index contributed by atoms with van der Waals surface area (Å²) in [5.41, 5.74) is 3.40. The minimum atomic E-state index is -4.93. The van der Waals surface area contributed by atoms with Gasteiger partial charge in [0.05, 0.1) is 43.6 Å². The average Bonchev–Trinajstić information content (AvgIpc) is 3.40. The van der Waals surface area contributed by atoms with Crippen molar-refractivity contribution in [1.82, 2.24) is 9.79 Å². The van der Waals surface area contributed by atoms with Gasteiger partial charge in [0.1, 0.15) is 6.04 Å². The Hall–Kier alpha value is -2.62. The monoisotopic (exact) mass is 627 g/mol. The number of aromatic nitrogens is 1. The molecule has 0 fully saturated rings. The van der Waals surface area contributed by atoms with Crippen LogP contribution in [-0.2, 0) is 26.1 Å². The summed E-state index contributed by atoms with van der Waals surface area (Å²) in [5, 5.41) is 11.2. The molecule has 43 heavy (non-hydrogen) atoms. The molecule has 15 heteroatoms. The summed E-state index contributed by atoms with van der Waals surface area (Å²) >= 11 is 0. The van der Waals surface area contributed by atoms with Crippen molar-refractivity contribution in [2.24, 2.45) is 0 Å². The van der Waals surface area contributed by atoms with E-state index in [9.17, 15) is 27.7 Å². The molecule has 226 valence electrons. The molecular weight excluding hydrogens is 592 g/mol. The van der Waals surface area contributed by atoms with Crippen LogP contribution in [0.25, 0.3) is 6.08 Å². The smallest absolute Gasteiger partial charge is 0.748 e. The van der Waals surface area contributed by atoms with Crippen LogP contribution in [0.15, 0.2) is 53.7 Å². The number of nitrogens with zero attached hydrogens (tertiary/aromatic N) is 3. The number of quaternary nitrogens is 1. The van der Waals surface area contributed by atoms with Gasteiger partial charge in [-0.2, -0.15) is 0 Å². The molecule has 1 unspecified atom stereocenters. The van der Waals surface area contributed by atoms with Gasteiger partial charge in [-0.05, 0) is 49.2 Å². The second kappa shape index (κ2) is 13.2. The summed E-state index contributed by atoms with van der Waals surface area (Å²) in [6, 6.07) is 8.62. The maximum absolute atomic E-state index is 16.6. The van der Waals surface area contributed by atoms with E-state index in [1.807, 2.05) is 17.5 Å². The van der Waals surface area contributed by atoms with E-state index in [0.717, 1.165) is 32.0 Å². The first kappa shape index (κ1) is 34.9. The zero-order valence-electron chi connectivity index (χ0n) is 25.0. The molecule has 1 aromatic heterocycles. The van der Waals surface area contributed by atoms with E-state index in [-0.39, 0.29) is 41.7 Å². The Bertz CT molecular complexity index is 1620. The molecule has 0 saturated carbocycles. The van der Waals surface area contributed by atoms with Crippen LogP contribution in [-0.4, -0.2) is 95.6 Å². The Morgan fingerprint density at radius 2 is 1.79 bits per heavy atom. The molecule has 10 nitrogen and oxygen atoms in total. The third-order valence-electron chi connectivity index (χ3n) is 7.37. The number of aryl methyl sites for hydroxylation is 2. The fourth-order valence-corrected chi connectivity index (χ4v) is 6.11. The number of hydrogen-bond donors (Lipinski definition) is 2. The summed E-state index contributed by atoms with van der Waals surface area (Å²) in [4.78, 5) is 23.8. The topological polar surface area (TPSA) is 132 Å². The van der Waals surface area contributed by atoms with Crippen LogP contribution in [0, 0.1) is 6.92 Å². The number of carboxylic acid groups (broad SMARTS) is 1. The normalized spacial score (nSPS) is 16.4. The number of fused-ring (bicyclic) bond motifs is 2. The van der Waals surface area contributed by atoms with E-state index in [4.69, 9.17) is 0 Å². The van der Waals surface area contributed by atoms with Gasteiger partial charge in [0.25, 0.3) is 0 Å². The fraction of sp³-hybridized carbons (Fsp3) is 0.393. The van der Waals surface area contributed by atoms with Gasteiger partial charge >= 0.3 is 42.5 Å². The van der Waals surface area contributed by atoms with Crippen LogP contribution in [0.3, 0.4) is 0 Å². The van der Waals surface area contributed by atoms with Gasteiger partial charge in [0.15, 0.2) is 11.4 Å². The molecule has 2 aliphatic rings. The predicted octanol–water partition coefficient (Wildman–Crippen LogP) is -0.647. The number of allylic oxidation sites excluding steroid dienone is 2. The Morgan fingerprint density at radius 1 is 1.14 bits per heavy atom. The van der Waals surface area contributed by atoms with Gasteiger partial charge in [-0.15, -0.1) is 0 Å². The third-order valence-corrected chi connectivity index (χ3v) is 8.11. The maximum Gasteiger partial charge on any atom is 1.00 e. The summed E-state index contributed by atoms with van der Waals surface area (Å²) in [7, 11) is 1.32. The van der Waals surface area contributed by atoms with Crippen LogP contribution in [0.2, 0.25) is 0 Å². The number of carbonyl (C=O) groups excluding carboxylic acids is 1. The molecule has 1 amide bonds. The van der Waals surface area contributed by atoms with Crippen LogP contribution in [0.1, 0.15) is 41.8 Å². The van der Waals surface area contributed by atoms with Crippen molar-refractivity contribution < 1.29 is 74.8 Å². The van der Waals surface area contributed by atoms with Gasteiger partial charge in [-0.3, -0.25) is 4.79 Å². The van der Waals surface area contributed by atoms with Crippen molar-refractivity contribution in [3.8, 4) is 0 Å². The van der Waals surface area contributed by atoms with E-state index in [0.29, 0.717) is 34.7 Å². The molecule has 0 bridgehead atoms. The fourth-order valence-electron chi connectivity index (χ4n) is 5.48. The Labute approximate surface area is 272 Å². The summed E-state index contributed by atoms with van der Waals surface area (Å²) < 4.78 is 69.1. The Morgan fingerprint density at radius 3 is 2.37 bits per heavy atom. The van der Waals surface area contributed by atoms with Crippen LogP contribution < -0.4 is 34.9 Å². The Balaban J connectivity index is 0.00000506. The van der Waals surface area contributed by atoms with E-state index < -0.39 is 47.2 Å². The number of carboxylic acids is 1. The number of amides is 1. The van der Waals surface area contributed by atoms with Crippen molar-refractivity contribution >= 4 is 40.8 Å². The first-order chi connectivity index (χ1) is 19.5. The number of aliphatic carboxylic acids is 1. The standard InChI is InChI=1S/C28H35BF2N4O6S.Na/c1-19-15-22(12-13-27(36)32-23(28(37)38)18-42(39,40)41)33-24(19)17-26-21(11-8-14-35(2,3)4)16-25(34(26)29(33,30)31)20-9-6-5-7-10-20;/h5-7,9-10,15-17,23H,8,11-14,18H2,1-4H3,(H2-,32,36,37,38,39,40,41);/q;+1. The van der Waals surface area contributed by atoms with Gasteiger partial charge in [-0.1, -0.05) is 18.2 Å². The maximum atomic E-state index is 16.6. The van der Waals surface area contributed by atoms with Crippen molar-refractivity contribution in [2.45, 2.75) is 38.6 Å². The SMILES string of the molecule is Cc1cc(CCC(=O)NC(CS(=O)(=O)[O-])C(=O)O)n2c1C=C1C(CCC[N+](C)(C)C)=CC(c3ccccc3)=[N+]1[B-]2(F)F.[Na+]. The number of halogens is 2. The number of rotatable bonds is 12. The summed E-state index contributed by atoms with van der Waals surface area (Å²) in [6.45, 7) is -1.81. The third kappa shape index (κ3) is 8.11. The van der Waals surface area contributed by atoms with Crippen molar-refractivity contribution in [3.05, 3.63) is 76.3 Å². The number of carbonyl (C=O) groups is 2. The molecule has 3 heterocycles. The zero-order valence-corrected chi connectivity index (χ0v) is 27.8. The van der Waals surface area contributed by atoms with Gasteiger partial charge < -0.3 is 37.1 Å². The first-order valence-electron chi connectivity index (χ1n) is 13.6. The van der Waals surface area contributed by atoms with E-state index in [1.54, 1.807) is 43.3 Å². The van der Waals surface area contributed by atoms with Crippen LogP contribution >= 0.6 is 0 Å². The minimum Gasteiger partial charge on any atom is -0.748 e. The molecule has 0 saturated heterocycles. The van der Waals surface area contributed by atoms with Gasteiger partial charge in [0, 0.05) is 41.8 Å². The number of benzene rings is 1. The second-order valence-electron chi connectivity index (χ2n) is 11.8. The molecule has 2 aromatic rings. The van der Waals surface area contributed by atoms with Crippen molar-refractivity contribution in [3.63, 3.8) is 0 Å².